The van der Waals surface area contributed by atoms with Gasteiger partial charge < -0.3 is 9.84 Å². The molecular formula is C19H11N3O3S. The SMILES string of the molecule is N#C/C(=C(/O)COC(=O)c1ccc(C#N)cc1)c1nc2ccccc2s1. The zero-order valence-corrected chi connectivity index (χ0v) is 14.2. The number of nitriles is 2. The fourth-order valence-electron chi connectivity index (χ4n) is 2.19. The molecular weight excluding hydrogens is 350 g/mol. The molecule has 0 spiro atoms. The Morgan fingerprint density at radius 3 is 2.54 bits per heavy atom. The summed E-state index contributed by atoms with van der Waals surface area (Å²) in [5.74, 6) is -1.03. The van der Waals surface area contributed by atoms with Crippen LogP contribution in [0, 0.1) is 22.7 Å². The van der Waals surface area contributed by atoms with Crippen LogP contribution in [0.4, 0.5) is 0 Å². The third-order valence-electron chi connectivity index (χ3n) is 3.50. The fraction of sp³-hybridized carbons (Fsp3) is 0.0526. The summed E-state index contributed by atoms with van der Waals surface area (Å²) in [6.07, 6.45) is 0. The summed E-state index contributed by atoms with van der Waals surface area (Å²) in [5, 5.41) is 28.6. The molecule has 26 heavy (non-hydrogen) atoms. The first kappa shape index (κ1) is 17.2. The number of para-hydroxylation sites is 1. The minimum Gasteiger partial charge on any atom is -0.507 e. The largest absolute Gasteiger partial charge is 0.507 e. The van der Waals surface area contributed by atoms with Crippen molar-refractivity contribution in [3.05, 3.63) is 70.4 Å². The second-order valence-electron chi connectivity index (χ2n) is 5.19. The van der Waals surface area contributed by atoms with Crippen molar-refractivity contribution >= 4 is 33.1 Å². The van der Waals surface area contributed by atoms with E-state index in [1.807, 2.05) is 36.4 Å². The van der Waals surface area contributed by atoms with Crippen molar-refractivity contribution < 1.29 is 14.6 Å². The Morgan fingerprint density at radius 2 is 1.88 bits per heavy atom. The molecule has 1 N–H and O–H groups in total. The minimum atomic E-state index is -0.664. The number of carbonyl (C=O) groups excluding carboxylic acids is 1. The van der Waals surface area contributed by atoms with E-state index in [2.05, 4.69) is 4.98 Å². The predicted octanol–water partition coefficient (Wildman–Crippen LogP) is 3.82. The first-order valence-corrected chi connectivity index (χ1v) is 8.29. The van der Waals surface area contributed by atoms with Crippen molar-refractivity contribution in [3.63, 3.8) is 0 Å². The average Bonchev–Trinajstić information content (AvgIpc) is 3.10. The van der Waals surface area contributed by atoms with E-state index in [-0.39, 0.29) is 16.9 Å². The Morgan fingerprint density at radius 1 is 1.15 bits per heavy atom. The normalized spacial score (nSPS) is 11.3. The van der Waals surface area contributed by atoms with Crippen molar-refractivity contribution in [1.29, 1.82) is 10.5 Å². The maximum atomic E-state index is 12.0. The molecule has 2 aromatic carbocycles. The van der Waals surface area contributed by atoms with Gasteiger partial charge in [-0.15, -0.1) is 11.3 Å². The van der Waals surface area contributed by atoms with Crippen LogP contribution in [0.3, 0.4) is 0 Å². The molecule has 3 rings (SSSR count). The summed E-state index contributed by atoms with van der Waals surface area (Å²) in [7, 11) is 0. The van der Waals surface area contributed by atoms with E-state index in [0.717, 1.165) is 10.2 Å². The number of allylic oxidation sites excluding steroid dienone is 1. The van der Waals surface area contributed by atoms with Crippen molar-refractivity contribution in [2.24, 2.45) is 0 Å². The Labute approximate surface area is 152 Å². The number of carbonyl (C=O) groups is 1. The van der Waals surface area contributed by atoms with Crippen molar-refractivity contribution in [3.8, 4) is 12.1 Å². The van der Waals surface area contributed by atoms with Gasteiger partial charge >= 0.3 is 5.97 Å². The van der Waals surface area contributed by atoms with E-state index >= 15 is 0 Å². The number of hydrogen-bond acceptors (Lipinski definition) is 7. The molecule has 0 atom stereocenters. The minimum absolute atomic E-state index is 0.0289. The summed E-state index contributed by atoms with van der Waals surface area (Å²) in [6, 6.07) is 17.1. The summed E-state index contributed by atoms with van der Waals surface area (Å²) >= 11 is 1.27. The van der Waals surface area contributed by atoms with Crippen LogP contribution in [-0.4, -0.2) is 22.7 Å². The Bertz CT molecular complexity index is 1050. The molecule has 126 valence electrons. The topological polar surface area (TPSA) is 107 Å². The first-order valence-electron chi connectivity index (χ1n) is 7.48. The molecule has 0 bridgehead atoms. The molecule has 0 aliphatic rings. The monoisotopic (exact) mass is 361 g/mol. The van der Waals surface area contributed by atoms with E-state index < -0.39 is 12.6 Å². The lowest BCUT2D eigenvalue weighted by Gasteiger charge is -2.05. The highest BCUT2D eigenvalue weighted by Crippen LogP contribution is 2.28. The van der Waals surface area contributed by atoms with Gasteiger partial charge in [0, 0.05) is 0 Å². The molecule has 0 unspecified atom stereocenters. The Balaban J connectivity index is 1.77. The maximum absolute atomic E-state index is 12.0. The molecule has 6 nitrogen and oxygen atoms in total. The number of nitrogens with zero attached hydrogens (tertiary/aromatic N) is 3. The van der Waals surface area contributed by atoms with E-state index in [1.54, 1.807) is 0 Å². The number of esters is 1. The highest BCUT2D eigenvalue weighted by Gasteiger charge is 2.16. The lowest BCUT2D eigenvalue weighted by atomic mass is 10.1. The van der Waals surface area contributed by atoms with Gasteiger partial charge in [-0.05, 0) is 36.4 Å². The second kappa shape index (κ2) is 7.47. The molecule has 0 aliphatic heterocycles. The van der Waals surface area contributed by atoms with E-state index in [4.69, 9.17) is 10.00 Å². The highest BCUT2D eigenvalue weighted by molar-refractivity contribution is 7.19. The van der Waals surface area contributed by atoms with Crippen LogP contribution in [0.25, 0.3) is 15.8 Å². The van der Waals surface area contributed by atoms with Crippen LogP contribution >= 0.6 is 11.3 Å². The fourth-order valence-corrected chi connectivity index (χ4v) is 3.17. The number of thiazole rings is 1. The zero-order valence-electron chi connectivity index (χ0n) is 13.3. The van der Waals surface area contributed by atoms with Gasteiger partial charge in [-0.2, -0.15) is 10.5 Å². The molecule has 0 amide bonds. The second-order valence-corrected chi connectivity index (χ2v) is 6.22. The number of aliphatic hydroxyl groups excluding tert-OH is 1. The summed E-state index contributed by atoms with van der Waals surface area (Å²) in [4.78, 5) is 16.3. The van der Waals surface area contributed by atoms with E-state index in [1.165, 1.54) is 35.6 Å². The molecule has 0 saturated carbocycles. The molecule has 0 aliphatic carbocycles. The van der Waals surface area contributed by atoms with Gasteiger partial charge in [0.1, 0.15) is 23.3 Å². The van der Waals surface area contributed by atoms with Gasteiger partial charge in [-0.1, -0.05) is 12.1 Å². The van der Waals surface area contributed by atoms with Crippen LogP contribution in [0.5, 0.6) is 0 Å². The Hall–Kier alpha value is -3.68. The number of benzene rings is 2. The third kappa shape index (κ3) is 3.54. The van der Waals surface area contributed by atoms with Crippen molar-refractivity contribution in [1.82, 2.24) is 4.98 Å². The van der Waals surface area contributed by atoms with Gasteiger partial charge in [0.25, 0.3) is 0 Å². The van der Waals surface area contributed by atoms with Crippen LogP contribution in [0.15, 0.2) is 54.3 Å². The number of hydrogen-bond donors (Lipinski definition) is 1. The number of rotatable bonds is 4. The van der Waals surface area contributed by atoms with Crippen LogP contribution < -0.4 is 0 Å². The predicted molar refractivity (Wildman–Crippen MR) is 96.2 cm³/mol. The number of aromatic nitrogens is 1. The molecule has 0 radical (unpaired) electrons. The van der Waals surface area contributed by atoms with E-state index in [0.29, 0.717) is 10.6 Å². The molecule has 0 saturated heterocycles. The standard InChI is InChI=1S/C19H11N3O3S/c20-9-12-5-7-13(8-6-12)19(24)25-11-16(23)14(10-21)18-22-15-3-1-2-4-17(15)26-18/h1-8,23H,11H2/b16-14-. The molecule has 1 aromatic heterocycles. The Kier molecular flexibility index (Phi) is 4.93. The molecule has 1 heterocycles. The number of fused-ring (bicyclic) bond motifs is 1. The van der Waals surface area contributed by atoms with Gasteiger partial charge in [-0.3, -0.25) is 0 Å². The molecule has 3 aromatic rings. The van der Waals surface area contributed by atoms with E-state index in [9.17, 15) is 15.2 Å². The van der Waals surface area contributed by atoms with Crippen LogP contribution in [0.2, 0.25) is 0 Å². The summed E-state index contributed by atoms with van der Waals surface area (Å²) < 4.78 is 5.92. The van der Waals surface area contributed by atoms with Gasteiger partial charge in [0.05, 0.1) is 27.4 Å². The van der Waals surface area contributed by atoms with Gasteiger partial charge in [0.2, 0.25) is 0 Å². The summed E-state index contributed by atoms with van der Waals surface area (Å²) in [6.45, 7) is -0.447. The van der Waals surface area contributed by atoms with Crippen LogP contribution in [-0.2, 0) is 4.74 Å². The average molecular weight is 361 g/mol. The maximum Gasteiger partial charge on any atom is 0.338 e. The smallest absolute Gasteiger partial charge is 0.338 e. The molecule has 0 fully saturated rings. The molecule has 7 heteroatoms. The number of ether oxygens (including phenoxy) is 1. The quantitative estimate of drug-likeness (QED) is 0.430. The first-order chi connectivity index (χ1) is 12.6. The summed E-state index contributed by atoms with van der Waals surface area (Å²) in [5.41, 5.74) is 1.36. The van der Waals surface area contributed by atoms with Gasteiger partial charge in [0.15, 0.2) is 5.76 Å². The van der Waals surface area contributed by atoms with Crippen LogP contribution in [0.1, 0.15) is 20.9 Å². The van der Waals surface area contributed by atoms with Gasteiger partial charge in [-0.25, -0.2) is 9.78 Å². The lowest BCUT2D eigenvalue weighted by Crippen LogP contribution is -2.09. The third-order valence-corrected chi connectivity index (χ3v) is 4.55. The van der Waals surface area contributed by atoms with Crippen molar-refractivity contribution in [2.45, 2.75) is 0 Å². The lowest BCUT2D eigenvalue weighted by molar-refractivity contribution is 0.0503. The highest BCUT2D eigenvalue weighted by atomic mass is 32.1. The van der Waals surface area contributed by atoms with Crippen molar-refractivity contribution in [2.75, 3.05) is 6.61 Å². The number of aliphatic hydroxyl groups is 1. The zero-order chi connectivity index (χ0) is 18.5.